The molecule has 0 radical (unpaired) electrons. The van der Waals surface area contributed by atoms with Crippen molar-refractivity contribution in [1.29, 1.82) is 0 Å². The van der Waals surface area contributed by atoms with Crippen LogP contribution in [0.5, 0.6) is 0 Å². The monoisotopic (exact) mass is 378 g/mol. The summed E-state index contributed by atoms with van der Waals surface area (Å²) in [5.74, 6) is -0.363. The van der Waals surface area contributed by atoms with Crippen LogP contribution in [0.1, 0.15) is 10.5 Å². The lowest BCUT2D eigenvalue weighted by Crippen LogP contribution is -2.45. The van der Waals surface area contributed by atoms with Crippen LogP contribution in [-0.2, 0) is 4.79 Å². The maximum absolute atomic E-state index is 12.5. The summed E-state index contributed by atoms with van der Waals surface area (Å²) in [5.41, 5.74) is 1.61. The molecule has 2 aromatic rings. The molecule has 25 heavy (non-hydrogen) atoms. The number of benzene rings is 1. The van der Waals surface area contributed by atoms with E-state index in [1.807, 2.05) is 6.07 Å². The molecule has 1 N–H and O–H groups in total. The Hall–Kier alpha value is -2.31. The lowest BCUT2D eigenvalue weighted by Gasteiger charge is -2.34. The molecule has 130 valence electrons. The summed E-state index contributed by atoms with van der Waals surface area (Å²) in [5, 5.41) is 3.61. The normalized spacial score (nSPS) is 14.3. The highest BCUT2D eigenvalue weighted by Crippen LogP contribution is 2.26. The number of nitrogens with one attached hydrogen (secondary N) is 1. The highest BCUT2D eigenvalue weighted by Gasteiger charge is 2.18. The Morgan fingerprint density at radius 3 is 2.60 bits per heavy atom. The third-order valence-corrected chi connectivity index (χ3v) is 4.55. The van der Waals surface area contributed by atoms with Crippen molar-refractivity contribution in [3.63, 3.8) is 0 Å². The van der Waals surface area contributed by atoms with Crippen LogP contribution in [0.25, 0.3) is 0 Å². The van der Waals surface area contributed by atoms with Crippen molar-refractivity contribution in [2.45, 2.75) is 0 Å². The number of rotatable bonds is 4. The van der Waals surface area contributed by atoms with Gasteiger partial charge < -0.3 is 15.1 Å². The van der Waals surface area contributed by atoms with Crippen molar-refractivity contribution in [2.75, 3.05) is 36.4 Å². The molecule has 2 amide bonds. The summed E-state index contributed by atoms with van der Waals surface area (Å²) in [6.07, 6.45) is 2.45. The summed E-state index contributed by atoms with van der Waals surface area (Å²) < 4.78 is 0. The van der Waals surface area contributed by atoms with E-state index in [2.05, 4.69) is 15.2 Å². The number of pyridine rings is 1. The Morgan fingerprint density at radius 2 is 1.88 bits per heavy atom. The van der Waals surface area contributed by atoms with Gasteiger partial charge in [0, 0.05) is 43.1 Å². The van der Waals surface area contributed by atoms with E-state index in [-0.39, 0.29) is 11.6 Å². The minimum absolute atomic E-state index is 0.284. The van der Waals surface area contributed by atoms with Gasteiger partial charge in [-0.1, -0.05) is 23.2 Å². The number of halogens is 2. The molecule has 0 aliphatic carbocycles. The van der Waals surface area contributed by atoms with Crippen LogP contribution in [0.2, 0.25) is 10.0 Å². The van der Waals surface area contributed by atoms with Crippen molar-refractivity contribution in [3.8, 4) is 0 Å². The second-order valence-electron chi connectivity index (χ2n) is 5.61. The van der Waals surface area contributed by atoms with Crippen molar-refractivity contribution in [2.24, 2.45) is 0 Å². The molecule has 1 fully saturated rings. The third kappa shape index (κ3) is 4.21. The van der Waals surface area contributed by atoms with Gasteiger partial charge in [0.15, 0.2) is 0 Å². The number of piperazine rings is 1. The molecule has 1 saturated heterocycles. The zero-order valence-corrected chi connectivity index (χ0v) is 14.8. The number of hydrogen-bond acceptors (Lipinski definition) is 4. The fraction of sp³-hybridized carbons (Fsp3) is 0.235. The number of nitrogens with zero attached hydrogens (tertiary/aromatic N) is 3. The van der Waals surface area contributed by atoms with Gasteiger partial charge in [0.1, 0.15) is 5.69 Å². The number of amides is 2. The molecule has 0 saturated carbocycles. The third-order valence-electron chi connectivity index (χ3n) is 3.98. The van der Waals surface area contributed by atoms with Crippen LogP contribution in [0.3, 0.4) is 0 Å². The topological polar surface area (TPSA) is 65.5 Å². The predicted octanol–water partition coefficient (Wildman–Crippen LogP) is 2.92. The van der Waals surface area contributed by atoms with E-state index >= 15 is 0 Å². The number of carbonyl (C=O) groups excluding carboxylic acids is 2. The Balaban J connectivity index is 1.73. The average Bonchev–Trinajstić information content (AvgIpc) is 2.65. The van der Waals surface area contributed by atoms with Gasteiger partial charge >= 0.3 is 0 Å². The van der Waals surface area contributed by atoms with Gasteiger partial charge in [0.2, 0.25) is 6.41 Å². The first-order chi connectivity index (χ1) is 12.1. The van der Waals surface area contributed by atoms with Gasteiger partial charge in [-0.2, -0.15) is 0 Å². The minimum Gasteiger partial charge on any atom is -0.368 e. The lowest BCUT2D eigenvalue weighted by atomic mass is 10.2. The van der Waals surface area contributed by atoms with E-state index in [1.54, 1.807) is 35.4 Å². The molecule has 1 aliphatic rings. The second kappa shape index (κ2) is 7.72. The van der Waals surface area contributed by atoms with E-state index in [0.717, 1.165) is 12.1 Å². The fourth-order valence-electron chi connectivity index (χ4n) is 2.61. The molecular weight excluding hydrogens is 363 g/mol. The maximum atomic E-state index is 12.5. The zero-order chi connectivity index (χ0) is 17.8. The summed E-state index contributed by atoms with van der Waals surface area (Å²) >= 11 is 12.0. The molecule has 1 aromatic heterocycles. The van der Waals surface area contributed by atoms with Gasteiger partial charge in [-0.05, 0) is 30.3 Å². The van der Waals surface area contributed by atoms with Gasteiger partial charge in [0.05, 0.1) is 10.7 Å². The highest BCUT2D eigenvalue weighted by atomic mass is 35.5. The number of anilines is 2. The minimum atomic E-state index is -0.363. The number of carbonyl (C=O) groups is 2. The van der Waals surface area contributed by atoms with Gasteiger partial charge in [0.25, 0.3) is 5.91 Å². The van der Waals surface area contributed by atoms with Crippen molar-refractivity contribution >= 4 is 46.9 Å². The van der Waals surface area contributed by atoms with E-state index < -0.39 is 0 Å². The zero-order valence-electron chi connectivity index (χ0n) is 13.3. The summed E-state index contributed by atoms with van der Waals surface area (Å²) in [6.45, 7) is 2.74. The van der Waals surface area contributed by atoms with Crippen molar-refractivity contribution in [3.05, 3.63) is 52.3 Å². The van der Waals surface area contributed by atoms with E-state index in [4.69, 9.17) is 23.2 Å². The van der Waals surface area contributed by atoms with Crippen LogP contribution in [0, 0.1) is 0 Å². The molecule has 8 heteroatoms. The predicted molar refractivity (Wildman–Crippen MR) is 98.5 cm³/mol. The largest absolute Gasteiger partial charge is 0.368 e. The highest BCUT2D eigenvalue weighted by molar-refractivity contribution is 6.35. The van der Waals surface area contributed by atoms with Crippen LogP contribution >= 0.6 is 23.2 Å². The molecule has 0 atom stereocenters. The first-order valence-electron chi connectivity index (χ1n) is 7.73. The molecule has 0 unspecified atom stereocenters. The first-order valence-corrected chi connectivity index (χ1v) is 8.49. The van der Waals surface area contributed by atoms with Gasteiger partial charge in [-0.25, -0.2) is 0 Å². The van der Waals surface area contributed by atoms with Crippen LogP contribution in [-0.4, -0.2) is 48.4 Å². The van der Waals surface area contributed by atoms with Crippen LogP contribution in [0.15, 0.2) is 36.5 Å². The smallest absolute Gasteiger partial charge is 0.274 e. The summed E-state index contributed by atoms with van der Waals surface area (Å²) in [4.78, 5) is 31.2. The van der Waals surface area contributed by atoms with Gasteiger partial charge in [-0.3, -0.25) is 14.6 Å². The molecule has 1 aromatic carbocycles. The van der Waals surface area contributed by atoms with Crippen LogP contribution < -0.4 is 10.2 Å². The van der Waals surface area contributed by atoms with E-state index in [0.29, 0.717) is 41.9 Å². The second-order valence-corrected chi connectivity index (χ2v) is 6.45. The molecule has 3 rings (SSSR count). The molecule has 6 nitrogen and oxygen atoms in total. The fourth-order valence-corrected chi connectivity index (χ4v) is 2.94. The summed E-state index contributed by atoms with van der Waals surface area (Å²) in [7, 11) is 0. The SMILES string of the molecule is O=CN1CCN(c2ccnc(C(=O)Nc3cc(Cl)ccc3Cl)c2)CC1. The summed E-state index contributed by atoms with van der Waals surface area (Å²) in [6, 6.07) is 8.43. The molecule has 1 aliphatic heterocycles. The Morgan fingerprint density at radius 1 is 1.12 bits per heavy atom. The van der Waals surface area contributed by atoms with Crippen LogP contribution in [0.4, 0.5) is 11.4 Å². The molecule has 2 heterocycles. The van der Waals surface area contributed by atoms with Crippen molar-refractivity contribution < 1.29 is 9.59 Å². The quantitative estimate of drug-likeness (QED) is 0.830. The standard InChI is InChI=1S/C17H16Cl2N4O2/c18-12-1-2-14(19)15(9-12)21-17(25)16-10-13(3-4-20-16)23-7-5-22(11-24)6-8-23/h1-4,9-11H,5-8H2,(H,21,25). The lowest BCUT2D eigenvalue weighted by molar-refractivity contribution is -0.118. The Bertz CT molecular complexity index is 792. The molecular formula is C17H16Cl2N4O2. The number of aromatic nitrogens is 1. The Labute approximate surface area is 155 Å². The molecule has 0 bridgehead atoms. The Kier molecular flexibility index (Phi) is 5.40. The number of hydrogen-bond donors (Lipinski definition) is 1. The van der Waals surface area contributed by atoms with Crippen molar-refractivity contribution in [1.82, 2.24) is 9.88 Å². The maximum Gasteiger partial charge on any atom is 0.274 e. The van der Waals surface area contributed by atoms with Gasteiger partial charge in [-0.15, -0.1) is 0 Å². The molecule has 0 spiro atoms. The average molecular weight is 379 g/mol. The van der Waals surface area contributed by atoms with E-state index in [9.17, 15) is 9.59 Å². The first kappa shape index (κ1) is 17.5. The van der Waals surface area contributed by atoms with E-state index in [1.165, 1.54) is 0 Å².